The number of rotatable bonds is 3. The Balaban J connectivity index is 2.01. The van der Waals surface area contributed by atoms with E-state index in [-0.39, 0.29) is 17.6 Å². The average molecular weight is 252 g/mol. The van der Waals surface area contributed by atoms with Crippen LogP contribution in [0, 0.1) is 5.92 Å². The Morgan fingerprint density at radius 3 is 2.89 bits per heavy atom. The fourth-order valence-electron chi connectivity index (χ4n) is 1.80. The van der Waals surface area contributed by atoms with Gasteiger partial charge < -0.3 is 4.74 Å². The topological polar surface area (TPSA) is 114 Å². The van der Waals surface area contributed by atoms with Crippen molar-refractivity contribution in [1.29, 1.82) is 0 Å². The highest BCUT2D eigenvalue weighted by Gasteiger charge is 2.31. The predicted octanol–water partition coefficient (Wildman–Crippen LogP) is -0.101. The molecule has 1 aromatic heterocycles. The molecule has 1 aromatic rings. The van der Waals surface area contributed by atoms with Gasteiger partial charge in [0.2, 0.25) is 11.9 Å². The number of ketones is 1. The molecule has 1 aliphatic rings. The summed E-state index contributed by atoms with van der Waals surface area (Å²) in [7, 11) is 1.20. The molecule has 2 rings (SSSR count). The lowest BCUT2D eigenvalue weighted by Crippen LogP contribution is -2.26. The molecule has 0 spiro atoms. The molecule has 96 valence electrons. The molecular formula is C10H12N4O4. The van der Waals surface area contributed by atoms with E-state index in [0.717, 1.165) is 6.42 Å². The average Bonchev–Trinajstić information content (AvgIpc) is 2.97. The minimum atomic E-state index is -0.705. The number of H-pyrrole nitrogens is 1. The molecule has 1 fully saturated rings. The number of Topliss-reactive ketones (excluding diaryl/α,β-unsaturated/α-hetero) is 1. The van der Waals surface area contributed by atoms with Crippen LogP contribution in [0.5, 0.6) is 0 Å². The van der Waals surface area contributed by atoms with Crippen molar-refractivity contribution in [2.24, 2.45) is 5.92 Å². The Hall–Kier alpha value is -2.25. The molecule has 0 aromatic carbocycles. The summed E-state index contributed by atoms with van der Waals surface area (Å²) in [6.45, 7) is 0. The van der Waals surface area contributed by atoms with Gasteiger partial charge in [-0.2, -0.15) is 4.98 Å². The maximum absolute atomic E-state index is 11.7. The summed E-state index contributed by atoms with van der Waals surface area (Å²) in [5.41, 5.74) is 0. The van der Waals surface area contributed by atoms with Crippen molar-refractivity contribution < 1.29 is 19.1 Å². The largest absolute Gasteiger partial charge is 0.463 e. The number of carbonyl (C=O) groups is 3. The first-order valence-corrected chi connectivity index (χ1v) is 5.46. The summed E-state index contributed by atoms with van der Waals surface area (Å²) in [5.74, 6) is -1.98. The molecule has 8 nitrogen and oxygen atoms in total. The van der Waals surface area contributed by atoms with Crippen LogP contribution in [0.4, 0.5) is 5.95 Å². The molecule has 0 aliphatic heterocycles. The number of ether oxygens (including phenoxy) is 1. The van der Waals surface area contributed by atoms with Crippen LogP contribution in [0.25, 0.3) is 0 Å². The van der Waals surface area contributed by atoms with E-state index in [1.807, 2.05) is 0 Å². The lowest BCUT2D eigenvalue weighted by Gasteiger charge is -2.05. The molecule has 8 heteroatoms. The van der Waals surface area contributed by atoms with Gasteiger partial charge in [0.15, 0.2) is 0 Å². The summed E-state index contributed by atoms with van der Waals surface area (Å²) in [4.78, 5) is 37.9. The third-order valence-corrected chi connectivity index (χ3v) is 2.72. The first-order chi connectivity index (χ1) is 8.61. The lowest BCUT2D eigenvalue weighted by atomic mass is 10.1. The molecular weight excluding hydrogens is 240 g/mol. The molecule has 1 saturated carbocycles. The van der Waals surface area contributed by atoms with E-state index in [2.05, 4.69) is 25.2 Å². The molecule has 1 unspecified atom stereocenters. The van der Waals surface area contributed by atoms with E-state index in [1.54, 1.807) is 0 Å². The molecule has 1 amide bonds. The standard InChI is InChI=1S/C10H12N4O4/c1-18-9(17)7-11-10(14-13-7)12-8(16)5-3-2-4-6(5)15/h5H,2-4H2,1H3,(H2,11,12,13,14,16). The van der Waals surface area contributed by atoms with Crippen LogP contribution in [-0.4, -0.2) is 40.0 Å². The summed E-state index contributed by atoms with van der Waals surface area (Å²) in [6.07, 6.45) is 1.70. The first-order valence-electron chi connectivity index (χ1n) is 5.46. The second kappa shape index (κ2) is 4.94. The number of hydrogen-bond acceptors (Lipinski definition) is 6. The number of amides is 1. The van der Waals surface area contributed by atoms with Crippen molar-refractivity contribution in [2.75, 3.05) is 12.4 Å². The maximum atomic E-state index is 11.7. The van der Waals surface area contributed by atoms with Gasteiger partial charge in [0.1, 0.15) is 5.78 Å². The zero-order chi connectivity index (χ0) is 13.1. The second-order valence-corrected chi connectivity index (χ2v) is 3.90. The smallest absolute Gasteiger partial charge is 0.378 e. The van der Waals surface area contributed by atoms with Crippen LogP contribution >= 0.6 is 0 Å². The number of esters is 1. The third-order valence-electron chi connectivity index (χ3n) is 2.72. The Morgan fingerprint density at radius 2 is 2.28 bits per heavy atom. The Bertz CT molecular complexity index is 496. The molecule has 1 aliphatic carbocycles. The number of aromatic amines is 1. The first kappa shape index (κ1) is 12.2. The van der Waals surface area contributed by atoms with E-state index in [4.69, 9.17) is 0 Å². The molecule has 18 heavy (non-hydrogen) atoms. The summed E-state index contributed by atoms with van der Waals surface area (Å²) in [6, 6.07) is 0. The quantitative estimate of drug-likeness (QED) is 0.573. The zero-order valence-electron chi connectivity index (χ0n) is 9.73. The van der Waals surface area contributed by atoms with Crippen LogP contribution in [0.15, 0.2) is 0 Å². The van der Waals surface area contributed by atoms with Crippen molar-refractivity contribution in [3.05, 3.63) is 5.82 Å². The van der Waals surface area contributed by atoms with Gasteiger partial charge in [0, 0.05) is 6.42 Å². The van der Waals surface area contributed by atoms with Crippen LogP contribution in [-0.2, 0) is 14.3 Å². The molecule has 1 atom stereocenters. The number of methoxy groups -OCH3 is 1. The normalized spacial score (nSPS) is 18.7. The van der Waals surface area contributed by atoms with Gasteiger partial charge in [-0.1, -0.05) is 0 Å². The zero-order valence-corrected chi connectivity index (χ0v) is 9.73. The van der Waals surface area contributed by atoms with Crippen molar-refractivity contribution >= 4 is 23.6 Å². The van der Waals surface area contributed by atoms with Crippen molar-refractivity contribution in [3.63, 3.8) is 0 Å². The molecule has 2 N–H and O–H groups in total. The monoisotopic (exact) mass is 252 g/mol. The predicted molar refractivity (Wildman–Crippen MR) is 58.7 cm³/mol. The van der Waals surface area contributed by atoms with E-state index >= 15 is 0 Å². The number of hydrogen-bond donors (Lipinski definition) is 2. The van der Waals surface area contributed by atoms with E-state index in [0.29, 0.717) is 12.8 Å². The Kier molecular flexibility index (Phi) is 3.35. The fraction of sp³-hybridized carbons (Fsp3) is 0.500. The summed E-state index contributed by atoms with van der Waals surface area (Å²) < 4.78 is 4.42. The lowest BCUT2D eigenvalue weighted by molar-refractivity contribution is -0.129. The van der Waals surface area contributed by atoms with E-state index in [9.17, 15) is 14.4 Å². The summed E-state index contributed by atoms with van der Waals surface area (Å²) >= 11 is 0. The van der Waals surface area contributed by atoms with Gasteiger partial charge in [0.05, 0.1) is 13.0 Å². The van der Waals surface area contributed by atoms with Gasteiger partial charge in [-0.25, -0.2) is 9.89 Å². The van der Waals surface area contributed by atoms with Gasteiger partial charge in [-0.15, -0.1) is 5.10 Å². The SMILES string of the molecule is COC(=O)c1n[nH]c(NC(=O)C2CCCC2=O)n1. The minimum absolute atomic E-state index is 0.0279. The highest BCUT2D eigenvalue weighted by Crippen LogP contribution is 2.22. The second-order valence-electron chi connectivity index (χ2n) is 3.90. The van der Waals surface area contributed by atoms with Gasteiger partial charge in [-0.3, -0.25) is 14.9 Å². The van der Waals surface area contributed by atoms with E-state index < -0.39 is 17.8 Å². The van der Waals surface area contributed by atoms with E-state index in [1.165, 1.54) is 7.11 Å². The fourth-order valence-corrected chi connectivity index (χ4v) is 1.80. The van der Waals surface area contributed by atoms with Crippen LogP contribution in [0.2, 0.25) is 0 Å². The van der Waals surface area contributed by atoms with Crippen LogP contribution in [0.1, 0.15) is 29.9 Å². The third kappa shape index (κ3) is 2.36. The minimum Gasteiger partial charge on any atom is -0.463 e. The Labute approximate surface area is 102 Å². The van der Waals surface area contributed by atoms with Gasteiger partial charge in [-0.05, 0) is 12.8 Å². The molecule has 0 saturated heterocycles. The number of aromatic nitrogens is 3. The Morgan fingerprint density at radius 1 is 1.50 bits per heavy atom. The van der Waals surface area contributed by atoms with Crippen molar-refractivity contribution in [3.8, 4) is 0 Å². The van der Waals surface area contributed by atoms with Crippen molar-refractivity contribution in [2.45, 2.75) is 19.3 Å². The van der Waals surface area contributed by atoms with Crippen LogP contribution < -0.4 is 5.32 Å². The highest BCUT2D eigenvalue weighted by molar-refractivity contribution is 6.07. The maximum Gasteiger partial charge on any atom is 0.378 e. The molecule has 1 heterocycles. The van der Waals surface area contributed by atoms with Crippen molar-refractivity contribution in [1.82, 2.24) is 15.2 Å². The molecule has 0 bridgehead atoms. The van der Waals surface area contributed by atoms with Gasteiger partial charge in [0.25, 0.3) is 5.82 Å². The van der Waals surface area contributed by atoms with Gasteiger partial charge >= 0.3 is 5.97 Å². The number of carbonyl (C=O) groups excluding carboxylic acids is 3. The number of nitrogens with zero attached hydrogens (tertiary/aromatic N) is 2. The van der Waals surface area contributed by atoms with Crippen LogP contribution in [0.3, 0.4) is 0 Å². The molecule has 0 radical (unpaired) electrons. The number of nitrogens with one attached hydrogen (secondary N) is 2. The number of anilines is 1. The summed E-state index contributed by atoms with van der Waals surface area (Å²) in [5, 5.41) is 8.38. The highest BCUT2D eigenvalue weighted by atomic mass is 16.5.